The Morgan fingerprint density at radius 3 is 3.21 bits per heavy atom. The van der Waals surface area contributed by atoms with Crippen molar-refractivity contribution in [2.75, 3.05) is 6.61 Å². The summed E-state index contributed by atoms with van der Waals surface area (Å²) < 4.78 is 10.5. The molecular formula is C11H16O3. The number of esters is 1. The van der Waals surface area contributed by atoms with Gasteiger partial charge in [-0.25, -0.2) is 0 Å². The standard InChI is InChI=1S/C11H16O3/c1-3-5-10-6-4-7-11(14-10)8-13-9(2)12/h3-4,6,10-11H,1,5,7-8H2,2H3/t10-,11+/m1/s1. The predicted molar refractivity (Wildman–Crippen MR) is 53.9 cm³/mol. The molecule has 0 saturated heterocycles. The van der Waals surface area contributed by atoms with Gasteiger partial charge in [0.15, 0.2) is 0 Å². The average molecular weight is 196 g/mol. The number of hydrogen-bond acceptors (Lipinski definition) is 3. The summed E-state index contributed by atoms with van der Waals surface area (Å²) in [5.41, 5.74) is 0. The second-order valence-corrected chi connectivity index (χ2v) is 3.29. The smallest absolute Gasteiger partial charge is 0.302 e. The molecule has 3 nitrogen and oxygen atoms in total. The molecule has 1 aliphatic rings. The first-order valence-electron chi connectivity index (χ1n) is 4.78. The first-order valence-corrected chi connectivity index (χ1v) is 4.78. The third kappa shape index (κ3) is 3.75. The molecule has 0 amide bonds. The van der Waals surface area contributed by atoms with Gasteiger partial charge in [-0.3, -0.25) is 4.79 Å². The SMILES string of the molecule is C=CC[C@@H]1C=CC[C@@H](COC(C)=O)O1. The van der Waals surface area contributed by atoms with E-state index >= 15 is 0 Å². The summed E-state index contributed by atoms with van der Waals surface area (Å²) in [6, 6.07) is 0. The minimum absolute atomic E-state index is 0.00569. The Labute approximate surface area is 84.4 Å². The van der Waals surface area contributed by atoms with Gasteiger partial charge in [0.05, 0.1) is 12.2 Å². The Hall–Kier alpha value is -1.09. The molecule has 0 fully saturated rings. The Morgan fingerprint density at radius 2 is 2.57 bits per heavy atom. The van der Waals surface area contributed by atoms with E-state index in [1.54, 1.807) is 0 Å². The molecule has 0 radical (unpaired) electrons. The van der Waals surface area contributed by atoms with Gasteiger partial charge in [0.25, 0.3) is 0 Å². The van der Waals surface area contributed by atoms with Crippen molar-refractivity contribution in [2.24, 2.45) is 0 Å². The van der Waals surface area contributed by atoms with E-state index < -0.39 is 0 Å². The van der Waals surface area contributed by atoms with Gasteiger partial charge in [-0.05, 0) is 12.8 Å². The maximum atomic E-state index is 10.6. The summed E-state index contributed by atoms with van der Waals surface area (Å²) in [6.45, 7) is 5.40. The van der Waals surface area contributed by atoms with E-state index in [4.69, 9.17) is 9.47 Å². The first-order chi connectivity index (χ1) is 6.72. The molecule has 0 aromatic rings. The lowest BCUT2D eigenvalue weighted by atomic mass is 10.1. The second kappa shape index (κ2) is 5.60. The number of rotatable bonds is 4. The molecule has 0 aromatic carbocycles. The van der Waals surface area contributed by atoms with Crippen LogP contribution in [0.5, 0.6) is 0 Å². The summed E-state index contributed by atoms with van der Waals surface area (Å²) in [7, 11) is 0. The van der Waals surface area contributed by atoms with Crippen molar-refractivity contribution in [3.8, 4) is 0 Å². The van der Waals surface area contributed by atoms with Crippen molar-refractivity contribution in [1.29, 1.82) is 0 Å². The van der Waals surface area contributed by atoms with Crippen molar-refractivity contribution >= 4 is 5.97 Å². The zero-order chi connectivity index (χ0) is 10.4. The van der Waals surface area contributed by atoms with Crippen LogP contribution >= 0.6 is 0 Å². The predicted octanol–water partition coefficient (Wildman–Crippen LogP) is 1.84. The minimum Gasteiger partial charge on any atom is -0.463 e. The fourth-order valence-corrected chi connectivity index (χ4v) is 1.35. The van der Waals surface area contributed by atoms with Crippen LogP contribution in [0.4, 0.5) is 0 Å². The molecule has 0 aliphatic carbocycles. The Morgan fingerprint density at radius 1 is 1.79 bits per heavy atom. The highest BCUT2D eigenvalue weighted by molar-refractivity contribution is 5.65. The number of hydrogen-bond donors (Lipinski definition) is 0. The van der Waals surface area contributed by atoms with Crippen LogP contribution in [-0.2, 0) is 14.3 Å². The molecule has 1 aliphatic heterocycles. The summed E-state index contributed by atoms with van der Waals surface area (Å²) >= 11 is 0. The Bertz CT molecular complexity index is 233. The Balaban J connectivity index is 2.31. The van der Waals surface area contributed by atoms with Crippen molar-refractivity contribution < 1.29 is 14.3 Å². The molecule has 0 bridgehead atoms. The van der Waals surface area contributed by atoms with Gasteiger partial charge in [-0.15, -0.1) is 6.58 Å². The number of carbonyl (C=O) groups excluding carboxylic acids is 1. The van der Waals surface area contributed by atoms with Crippen molar-refractivity contribution in [2.45, 2.75) is 32.0 Å². The maximum Gasteiger partial charge on any atom is 0.302 e. The van der Waals surface area contributed by atoms with E-state index in [0.29, 0.717) is 6.61 Å². The van der Waals surface area contributed by atoms with Crippen LogP contribution in [0.1, 0.15) is 19.8 Å². The topological polar surface area (TPSA) is 35.5 Å². The van der Waals surface area contributed by atoms with Crippen LogP contribution in [0.15, 0.2) is 24.8 Å². The quantitative estimate of drug-likeness (QED) is 0.508. The van der Waals surface area contributed by atoms with E-state index in [1.807, 2.05) is 12.2 Å². The summed E-state index contributed by atoms with van der Waals surface area (Å²) in [5, 5.41) is 0. The molecule has 0 saturated carbocycles. The largest absolute Gasteiger partial charge is 0.463 e. The molecule has 2 atom stereocenters. The number of ether oxygens (including phenoxy) is 2. The fraction of sp³-hybridized carbons (Fsp3) is 0.545. The van der Waals surface area contributed by atoms with Gasteiger partial charge in [0.1, 0.15) is 6.61 Å². The normalized spacial score (nSPS) is 25.8. The summed E-state index contributed by atoms with van der Waals surface area (Å²) in [6.07, 6.45) is 7.59. The van der Waals surface area contributed by atoms with Crippen LogP contribution in [0, 0.1) is 0 Å². The maximum absolute atomic E-state index is 10.6. The minimum atomic E-state index is -0.261. The van der Waals surface area contributed by atoms with E-state index in [-0.39, 0.29) is 18.2 Å². The van der Waals surface area contributed by atoms with Crippen molar-refractivity contribution in [3.05, 3.63) is 24.8 Å². The van der Waals surface area contributed by atoms with Crippen LogP contribution in [0.3, 0.4) is 0 Å². The van der Waals surface area contributed by atoms with E-state index in [2.05, 4.69) is 12.7 Å². The van der Waals surface area contributed by atoms with E-state index in [0.717, 1.165) is 12.8 Å². The molecule has 1 rings (SSSR count). The van der Waals surface area contributed by atoms with E-state index in [1.165, 1.54) is 6.92 Å². The molecule has 78 valence electrons. The highest BCUT2D eigenvalue weighted by Gasteiger charge is 2.17. The number of carbonyl (C=O) groups is 1. The second-order valence-electron chi connectivity index (χ2n) is 3.29. The van der Waals surface area contributed by atoms with Gasteiger partial charge in [-0.2, -0.15) is 0 Å². The Kier molecular flexibility index (Phi) is 4.40. The van der Waals surface area contributed by atoms with Crippen LogP contribution < -0.4 is 0 Å². The molecule has 3 heteroatoms. The highest BCUT2D eigenvalue weighted by atomic mass is 16.6. The first kappa shape index (κ1) is 11.0. The van der Waals surface area contributed by atoms with Gasteiger partial charge in [0.2, 0.25) is 0 Å². The molecule has 1 heterocycles. The summed E-state index contributed by atoms with van der Waals surface area (Å²) in [4.78, 5) is 10.6. The average Bonchev–Trinajstić information content (AvgIpc) is 2.16. The van der Waals surface area contributed by atoms with Crippen molar-refractivity contribution in [1.82, 2.24) is 0 Å². The van der Waals surface area contributed by atoms with Gasteiger partial charge < -0.3 is 9.47 Å². The molecule has 0 unspecified atom stereocenters. The zero-order valence-corrected chi connectivity index (χ0v) is 8.44. The molecule has 14 heavy (non-hydrogen) atoms. The highest BCUT2D eigenvalue weighted by Crippen LogP contribution is 2.15. The van der Waals surface area contributed by atoms with Crippen molar-refractivity contribution in [3.63, 3.8) is 0 Å². The summed E-state index contributed by atoms with van der Waals surface area (Å²) in [5.74, 6) is -0.261. The lowest BCUT2D eigenvalue weighted by molar-refractivity contribution is -0.146. The van der Waals surface area contributed by atoms with Gasteiger partial charge in [-0.1, -0.05) is 18.2 Å². The zero-order valence-electron chi connectivity index (χ0n) is 8.44. The monoisotopic (exact) mass is 196 g/mol. The third-order valence-electron chi connectivity index (χ3n) is 1.99. The lowest BCUT2D eigenvalue weighted by Crippen LogP contribution is -2.28. The lowest BCUT2D eigenvalue weighted by Gasteiger charge is -2.24. The van der Waals surface area contributed by atoms with Crippen LogP contribution in [0.2, 0.25) is 0 Å². The molecule has 0 aromatic heterocycles. The van der Waals surface area contributed by atoms with Gasteiger partial charge >= 0.3 is 5.97 Å². The third-order valence-corrected chi connectivity index (χ3v) is 1.99. The van der Waals surface area contributed by atoms with Crippen LogP contribution in [-0.4, -0.2) is 24.8 Å². The molecule has 0 N–H and O–H groups in total. The van der Waals surface area contributed by atoms with Gasteiger partial charge in [0, 0.05) is 6.92 Å². The molecule has 0 spiro atoms. The van der Waals surface area contributed by atoms with E-state index in [9.17, 15) is 4.79 Å². The van der Waals surface area contributed by atoms with Crippen LogP contribution in [0.25, 0.3) is 0 Å². The molecular weight excluding hydrogens is 180 g/mol. The fourth-order valence-electron chi connectivity index (χ4n) is 1.35.